The number of thioether (sulfide) groups is 1. The molecule has 10 heteroatoms. The Morgan fingerprint density at radius 1 is 0.803 bits per heavy atom. The smallest absolute Gasteiger partial charge is 0.341 e. The fourth-order valence-electron chi connectivity index (χ4n) is 7.40. The first-order valence-corrected chi connectivity index (χ1v) is 22.2. The molecule has 0 bridgehead atoms. The molecule has 1 aliphatic carbocycles. The summed E-state index contributed by atoms with van der Waals surface area (Å²) in [6, 6.07) is 43.2. The number of carbonyl (C=O) groups is 4. The van der Waals surface area contributed by atoms with Gasteiger partial charge in [-0.25, -0.2) is 4.79 Å². The normalized spacial score (nSPS) is 14.3. The number of thiophene rings is 1. The van der Waals surface area contributed by atoms with E-state index in [4.69, 9.17) is 4.74 Å². The molecule has 1 aromatic heterocycles. The second kappa shape index (κ2) is 19.4. The zero-order chi connectivity index (χ0) is 42.9. The molecule has 8 nitrogen and oxygen atoms in total. The minimum atomic E-state index is -0.705. The summed E-state index contributed by atoms with van der Waals surface area (Å²) in [5.74, 6) is -1.19. The Labute approximate surface area is 365 Å². The number of hydrogen-bond acceptors (Lipinski definition) is 7. The summed E-state index contributed by atoms with van der Waals surface area (Å²) in [6.07, 6.45) is 4.20. The predicted molar refractivity (Wildman–Crippen MR) is 248 cm³/mol. The summed E-state index contributed by atoms with van der Waals surface area (Å²) in [4.78, 5) is 57.1. The number of rotatable bonds is 13. The van der Waals surface area contributed by atoms with Crippen molar-refractivity contribution >= 4 is 63.6 Å². The van der Waals surface area contributed by atoms with Crippen LogP contribution in [0.1, 0.15) is 81.6 Å². The third kappa shape index (κ3) is 10.8. The van der Waals surface area contributed by atoms with Gasteiger partial charge in [0.05, 0.1) is 12.2 Å². The van der Waals surface area contributed by atoms with Gasteiger partial charge >= 0.3 is 5.97 Å². The molecule has 6 aromatic rings. The molecule has 0 fully saturated rings. The van der Waals surface area contributed by atoms with Crippen molar-refractivity contribution in [2.45, 2.75) is 57.1 Å². The van der Waals surface area contributed by atoms with Crippen LogP contribution in [0.5, 0.6) is 0 Å². The molecule has 3 N–H and O–H groups in total. The molecule has 0 spiro atoms. The third-order valence-electron chi connectivity index (χ3n) is 10.8. The van der Waals surface area contributed by atoms with E-state index in [2.05, 4.69) is 36.7 Å². The number of ether oxygens (including phenoxy) is 1. The first-order valence-electron chi connectivity index (χ1n) is 20.5. The van der Waals surface area contributed by atoms with Crippen LogP contribution in [0, 0.1) is 11.3 Å². The lowest BCUT2D eigenvalue weighted by Gasteiger charge is -2.33. The van der Waals surface area contributed by atoms with Gasteiger partial charge in [0, 0.05) is 21.0 Å². The van der Waals surface area contributed by atoms with E-state index in [1.165, 1.54) is 23.1 Å². The number of fused-ring (bicyclic) bond motifs is 1. The molecule has 1 aliphatic rings. The monoisotopic (exact) mass is 847 g/mol. The minimum Gasteiger partial charge on any atom is -0.462 e. The molecule has 2 unspecified atom stereocenters. The van der Waals surface area contributed by atoms with Crippen LogP contribution in [0.2, 0.25) is 0 Å². The molecule has 7 rings (SSSR count). The van der Waals surface area contributed by atoms with E-state index in [0.717, 1.165) is 56.9 Å². The molecule has 2 atom stereocenters. The van der Waals surface area contributed by atoms with Crippen molar-refractivity contribution in [3.8, 4) is 11.1 Å². The molecule has 0 saturated carbocycles. The number of nitrogens with one attached hydrogen (secondary N) is 3. The number of carbonyl (C=O) groups excluding carboxylic acids is 4. The predicted octanol–water partition coefficient (Wildman–Crippen LogP) is 11.6. The van der Waals surface area contributed by atoms with Crippen LogP contribution in [0.25, 0.3) is 17.2 Å². The van der Waals surface area contributed by atoms with E-state index in [-0.39, 0.29) is 23.6 Å². The number of benzene rings is 5. The Bertz CT molecular complexity index is 2530. The van der Waals surface area contributed by atoms with Gasteiger partial charge in [-0.2, -0.15) is 0 Å². The molecular formula is C51H49N3O5S2. The lowest BCUT2D eigenvalue weighted by Crippen LogP contribution is -2.30. The first kappa shape index (κ1) is 42.9. The summed E-state index contributed by atoms with van der Waals surface area (Å²) < 4.78 is 5.52. The van der Waals surface area contributed by atoms with Crippen molar-refractivity contribution in [2.24, 2.45) is 11.3 Å². The number of hydrogen-bond donors (Lipinski definition) is 3. The second-order valence-corrected chi connectivity index (χ2v) is 18.3. The molecule has 0 aliphatic heterocycles. The summed E-state index contributed by atoms with van der Waals surface area (Å²) in [5, 5.41) is 8.74. The Balaban J connectivity index is 1.14. The van der Waals surface area contributed by atoms with Gasteiger partial charge in [0.2, 0.25) is 5.91 Å². The highest BCUT2D eigenvalue weighted by atomic mass is 32.2. The summed E-state index contributed by atoms with van der Waals surface area (Å²) in [7, 11) is 0. The highest BCUT2D eigenvalue weighted by Crippen LogP contribution is 2.45. The van der Waals surface area contributed by atoms with Crippen LogP contribution in [-0.4, -0.2) is 30.3 Å². The van der Waals surface area contributed by atoms with E-state index in [1.807, 2.05) is 103 Å². The molecular weight excluding hydrogens is 799 g/mol. The number of anilines is 2. The van der Waals surface area contributed by atoms with Crippen LogP contribution < -0.4 is 16.0 Å². The maximum Gasteiger partial charge on any atom is 0.341 e. The van der Waals surface area contributed by atoms with Crippen molar-refractivity contribution in [3.05, 3.63) is 178 Å². The Hall–Kier alpha value is -6.23. The number of esters is 1. The highest BCUT2D eigenvalue weighted by molar-refractivity contribution is 8.00. The Kier molecular flexibility index (Phi) is 13.7. The Morgan fingerprint density at radius 3 is 2.13 bits per heavy atom. The van der Waals surface area contributed by atoms with Gasteiger partial charge in [0.15, 0.2) is 0 Å². The van der Waals surface area contributed by atoms with Gasteiger partial charge in [-0.3, -0.25) is 14.4 Å². The molecule has 0 saturated heterocycles. The topological polar surface area (TPSA) is 114 Å². The highest BCUT2D eigenvalue weighted by Gasteiger charge is 2.35. The van der Waals surface area contributed by atoms with Crippen molar-refractivity contribution in [2.75, 3.05) is 17.2 Å². The van der Waals surface area contributed by atoms with Crippen LogP contribution in [0.3, 0.4) is 0 Å². The summed E-state index contributed by atoms with van der Waals surface area (Å²) in [5.41, 5.74) is 6.09. The SMILES string of the molecule is CCOC(=O)c1c(NC(=O)C(Sc2cccc(NC(=O)/C(=C\c3ccc(-c4ccccc4)cc3)NC(=O)c3ccccc3)c2)c2ccccc2)sc2c1CCC(C(C)(C)C)C2. The standard InChI is InChI=1S/C51H49N3O5S2/c1-5-59-50(58)44-41-29-28-38(51(2,3)4)31-43(41)61-49(44)54-48(57)45(36-18-11-7-12-19-36)60-40-23-15-22-39(32-40)52-47(56)42(53-46(55)37-20-13-8-14-21-37)30-33-24-26-35(27-25-33)34-16-9-6-10-17-34/h6-27,30,32,38,45H,5,28-29,31H2,1-4H3,(H,52,56)(H,53,55)(H,54,57)/b42-30+. The molecule has 5 aromatic carbocycles. The van der Waals surface area contributed by atoms with Gasteiger partial charge in [-0.1, -0.05) is 130 Å². The molecule has 0 radical (unpaired) electrons. The fraction of sp³-hybridized carbons (Fsp3) is 0.216. The zero-order valence-corrected chi connectivity index (χ0v) is 36.3. The fourth-order valence-corrected chi connectivity index (χ4v) is 9.81. The van der Waals surface area contributed by atoms with Gasteiger partial charge in [0.25, 0.3) is 11.8 Å². The molecule has 61 heavy (non-hydrogen) atoms. The van der Waals surface area contributed by atoms with Gasteiger partial charge < -0.3 is 20.7 Å². The van der Waals surface area contributed by atoms with Crippen LogP contribution >= 0.6 is 23.1 Å². The Morgan fingerprint density at radius 2 is 1.46 bits per heavy atom. The first-order chi connectivity index (χ1) is 29.5. The van der Waals surface area contributed by atoms with Crippen molar-refractivity contribution in [1.29, 1.82) is 0 Å². The lowest BCUT2D eigenvalue weighted by molar-refractivity contribution is -0.116. The summed E-state index contributed by atoms with van der Waals surface area (Å²) in [6.45, 7) is 8.76. The lowest BCUT2D eigenvalue weighted by atomic mass is 9.72. The van der Waals surface area contributed by atoms with Crippen LogP contribution in [-0.2, 0) is 27.2 Å². The minimum absolute atomic E-state index is 0.0609. The van der Waals surface area contributed by atoms with Crippen molar-refractivity contribution in [1.82, 2.24) is 5.32 Å². The average molecular weight is 848 g/mol. The van der Waals surface area contributed by atoms with Gasteiger partial charge in [-0.15, -0.1) is 23.1 Å². The van der Waals surface area contributed by atoms with E-state index in [1.54, 1.807) is 49.4 Å². The van der Waals surface area contributed by atoms with Crippen LogP contribution in [0.4, 0.5) is 10.7 Å². The third-order valence-corrected chi connectivity index (χ3v) is 13.2. The van der Waals surface area contributed by atoms with Crippen LogP contribution in [0.15, 0.2) is 150 Å². The van der Waals surface area contributed by atoms with Gasteiger partial charge in [0.1, 0.15) is 15.9 Å². The average Bonchev–Trinajstić information content (AvgIpc) is 3.63. The largest absolute Gasteiger partial charge is 0.462 e. The summed E-state index contributed by atoms with van der Waals surface area (Å²) >= 11 is 2.81. The molecule has 3 amide bonds. The zero-order valence-electron chi connectivity index (χ0n) is 34.7. The molecule has 310 valence electrons. The second-order valence-electron chi connectivity index (χ2n) is 16.0. The number of amides is 3. The van der Waals surface area contributed by atoms with Crippen molar-refractivity contribution < 1.29 is 23.9 Å². The van der Waals surface area contributed by atoms with E-state index < -0.39 is 23.0 Å². The van der Waals surface area contributed by atoms with Crippen molar-refractivity contribution in [3.63, 3.8) is 0 Å². The maximum absolute atomic E-state index is 14.4. The quantitative estimate of drug-likeness (QED) is 0.0606. The van der Waals surface area contributed by atoms with E-state index >= 15 is 0 Å². The maximum atomic E-state index is 14.4. The van der Waals surface area contributed by atoms with E-state index in [0.29, 0.717) is 27.7 Å². The van der Waals surface area contributed by atoms with E-state index in [9.17, 15) is 19.2 Å². The van der Waals surface area contributed by atoms with Gasteiger partial charge in [-0.05, 0) is 102 Å². The molecule has 1 heterocycles.